The van der Waals surface area contributed by atoms with Crippen LogP contribution in [0.5, 0.6) is 11.5 Å². The van der Waals surface area contributed by atoms with Gasteiger partial charge in [0, 0.05) is 33.6 Å². The standard InChI is InChI=1S/C27H23NO6.C25H19NO5.C2H6O2/c1-32-21-13-9-18(10-14-21)24(29)22-23(17-5-3-2-4-6-17)28(26(31)25(22)30)20-11-7-19(8-12-20)27-33-15-16-34-27;1-31-20-13-9-18(10-14-20)23(28)21-22(17-5-3-2-4-6-17)26(25(30)24(21)29)19-11-7-16(15-27)8-12-19;3-1-2-4/h2-14,23,27,29H,15-16H2,1H3;2-15,22,28H,1H3;3-4H,1-2H2. The number of amides is 2. The third-order valence-corrected chi connectivity index (χ3v) is 11.3. The average Bonchev–Trinajstić information content (AvgIpc) is 4.12. The number of Topliss-reactive ketones (excluding diaryl/α,β-unsaturated/α-hetero) is 2. The Kier molecular flexibility index (Phi) is 15.9. The number of ether oxygens (including phenoxy) is 4. The molecule has 3 aliphatic heterocycles. The number of hydrogen-bond acceptors (Lipinski definition) is 13. The summed E-state index contributed by atoms with van der Waals surface area (Å²) in [6.45, 7) is 0.806. The van der Waals surface area contributed by atoms with Crippen molar-refractivity contribution >= 4 is 52.6 Å². The van der Waals surface area contributed by atoms with Crippen LogP contribution in [-0.2, 0) is 28.7 Å². The number of benzene rings is 6. The zero-order chi connectivity index (χ0) is 49.0. The summed E-state index contributed by atoms with van der Waals surface area (Å²) in [5.74, 6) is -2.24. The third-order valence-electron chi connectivity index (χ3n) is 11.3. The first kappa shape index (κ1) is 48.7. The van der Waals surface area contributed by atoms with Crippen LogP contribution in [0, 0.1) is 0 Å². The second kappa shape index (κ2) is 22.5. The molecule has 3 heterocycles. The van der Waals surface area contributed by atoms with Crippen molar-refractivity contribution in [1.82, 2.24) is 0 Å². The fraction of sp³-hybridized carbons (Fsp3) is 0.167. The van der Waals surface area contributed by atoms with Crippen LogP contribution in [0.15, 0.2) is 169 Å². The van der Waals surface area contributed by atoms with Crippen molar-refractivity contribution in [3.05, 3.63) is 202 Å². The zero-order valence-corrected chi connectivity index (χ0v) is 37.5. The van der Waals surface area contributed by atoms with E-state index >= 15 is 0 Å². The minimum absolute atomic E-state index is 0.000769. The highest BCUT2D eigenvalue weighted by Gasteiger charge is 2.48. The maximum atomic E-state index is 13.2. The molecule has 0 spiro atoms. The molecular weight excluding hydrogens is 885 g/mol. The molecule has 2 unspecified atom stereocenters. The molecule has 0 saturated carbocycles. The second-order valence-corrected chi connectivity index (χ2v) is 15.4. The fourth-order valence-electron chi connectivity index (χ4n) is 7.96. The lowest BCUT2D eigenvalue weighted by atomic mass is 9.95. The lowest BCUT2D eigenvalue weighted by Gasteiger charge is -2.25. The number of methoxy groups -OCH3 is 2. The van der Waals surface area contributed by atoms with Gasteiger partial charge in [-0.3, -0.25) is 33.8 Å². The van der Waals surface area contributed by atoms with Gasteiger partial charge in [0.2, 0.25) is 0 Å². The lowest BCUT2D eigenvalue weighted by Crippen LogP contribution is -2.29. The van der Waals surface area contributed by atoms with E-state index in [2.05, 4.69) is 0 Å². The highest BCUT2D eigenvalue weighted by Crippen LogP contribution is 2.44. The van der Waals surface area contributed by atoms with Crippen molar-refractivity contribution in [2.75, 3.05) is 50.4 Å². The molecule has 6 aromatic carbocycles. The van der Waals surface area contributed by atoms with Crippen LogP contribution in [0.1, 0.15) is 56.5 Å². The quantitative estimate of drug-likeness (QED) is 0.0431. The number of rotatable bonds is 11. The molecule has 2 amide bonds. The van der Waals surface area contributed by atoms with Crippen LogP contribution in [0.3, 0.4) is 0 Å². The normalized spacial score (nSPS) is 18.3. The summed E-state index contributed by atoms with van der Waals surface area (Å²) < 4.78 is 21.4. The van der Waals surface area contributed by atoms with Crippen molar-refractivity contribution in [3.63, 3.8) is 0 Å². The van der Waals surface area contributed by atoms with Crippen molar-refractivity contribution in [3.8, 4) is 11.5 Å². The summed E-state index contributed by atoms with van der Waals surface area (Å²) in [5.41, 5.74) is 4.51. The molecule has 4 N–H and O–H groups in total. The van der Waals surface area contributed by atoms with Gasteiger partial charge in [-0.2, -0.15) is 0 Å². The fourth-order valence-corrected chi connectivity index (χ4v) is 7.96. The Balaban J connectivity index is 0.000000190. The minimum Gasteiger partial charge on any atom is -0.507 e. The van der Waals surface area contributed by atoms with E-state index in [1.54, 1.807) is 116 Å². The maximum Gasteiger partial charge on any atom is 0.300 e. The van der Waals surface area contributed by atoms with Gasteiger partial charge in [0.25, 0.3) is 23.4 Å². The third kappa shape index (κ3) is 10.5. The highest BCUT2D eigenvalue weighted by molar-refractivity contribution is 6.52. The predicted molar refractivity (Wildman–Crippen MR) is 256 cm³/mol. The van der Waals surface area contributed by atoms with Crippen LogP contribution < -0.4 is 19.3 Å². The Morgan fingerprint density at radius 3 is 1.26 bits per heavy atom. The van der Waals surface area contributed by atoms with Gasteiger partial charge in [0.05, 0.1) is 63.9 Å². The zero-order valence-electron chi connectivity index (χ0n) is 37.5. The molecule has 2 atom stereocenters. The van der Waals surface area contributed by atoms with Crippen molar-refractivity contribution in [2.45, 2.75) is 18.4 Å². The van der Waals surface area contributed by atoms with Gasteiger partial charge in [-0.15, -0.1) is 0 Å². The monoisotopic (exact) mass is 932 g/mol. The molecule has 15 heteroatoms. The van der Waals surface area contributed by atoms with E-state index in [1.165, 1.54) is 16.9 Å². The predicted octanol–water partition coefficient (Wildman–Crippen LogP) is 7.47. The molecule has 3 fully saturated rings. The Labute approximate surface area is 397 Å². The van der Waals surface area contributed by atoms with Crippen molar-refractivity contribution in [2.24, 2.45) is 0 Å². The van der Waals surface area contributed by atoms with Crippen LogP contribution in [0.4, 0.5) is 11.4 Å². The molecule has 352 valence electrons. The van der Waals surface area contributed by atoms with Crippen LogP contribution >= 0.6 is 0 Å². The van der Waals surface area contributed by atoms with E-state index < -0.39 is 41.8 Å². The number of nitrogens with zero attached hydrogens (tertiary/aromatic N) is 2. The molecule has 15 nitrogen and oxygen atoms in total. The van der Waals surface area contributed by atoms with Gasteiger partial charge in [-0.1, -0.05) is 72.8 Å². The Hall–Kier alpha value is -8.21. The molecule has 69 heavy (non-hydrogen) atoms. The summed E-state index contributed by atoms with van der Waals surface area (Å²) in [6.07, 6.45) is 0.264. The molecule has 0 aliphatic carbocycles. The van der Waals surface area contributed by atoms with Gasteiger partial charge in [0.1, 0.15) is 29.3 Å². The summed E-state index contributed by atoms with van der Waals surface area (Å²) in [4.78, 5) is 66.3. The van der Waals surface area contributed by atoms with E-state index in [0.29, 0.717) is 70.2 Å². The molecule has 0 aromatic heterocycles. The average molecular weight is 933 g/mol. The van der Waals surface area contributed by atoms with Gasteiger partial charge in [0.15, 0.2) is 6.29 Å². The molecule has 9 rings (SSSR count). The lowest BCUT2D eigenvalue weighted by molar-refractivity contribution is -0.132. The largest absolute Gasteiger partial charge is 0.507 e. The van der Waals surface area contributed by atoms with Crippen LogP contribution in [0.25, 0.3) is 11.5 Å². The minimum atomic E-state index is -0.814. The Bertz CT molecular complexity index is 2820. The Morgan fingerprint density at radius 1 is 0.536 bits per heavy atom. The first-order valence-electron chi connectivity index (χ1n) is 21.7. The van der Waals surface area contributed by atoms with Crippen LogP contribution in [0.2, 0.25) is 0 Å². The van der Waals surface area contributed by atoms with E-state index in [4.69, 9.17) is 29.2 Å². The van der Waals surface area contributed by atoms with E-state index in [9.17, 15) is 34.2 Å². The maximum absolute atomic E-state index is 13.2. The molecule has 3 saturated heterocycles. The molecule has 0 radical (unpaired) electrons. The van der Waals surface area contributed by atoms with E-state index in [0.717, 1.165) is 5.56 Å². The van der Waals surface area contributed by atoms with Crippen molar-refractivity contribution in [1.29, 1.82) is 0 Å². The summed E-state index contributed by atoms with van der Waals surface area (Å²) in [6, 6.07) is 43.4. The number of hydrogen-bond donors (Lipinski definition) is 4. The second-order valence-electron chi connectivity index (χ2n) is 15.4. The number of aliphatic hydroxyl groups excluding tert-OH is 4. The number of ketones is 2. The number of anilines is 2. The summed E-state index contributed by atoms with van der Waals surface area (Å²) >= 11 is 0. The SMILES string of the molecule is COc1ccc(C(O)=C2C(=O)C(=O)N(c3ccc(C4OCCO4)cc3)C2c2ccccc2)cc1.COc1ccc(C(O)=C2C(=O)C(=O)N(c3ccc(C=O)cc3)C2c2ccccc2)cc1.OCCO. The van der Waals surface area contributed by atoms with Crippen molar-refractivity contribution < 1.29 is 63.3 Å². The number of carbonyl (C=O) groups excluding carboxylic acids is 5. The highest BCUT2D eigenvalue weighted by atomic mass is 16.7. The summed E-state index contributed by atoms with van der Waals surface area (Å²) in [7, 11) is 3.08. The Morgan fingerprint density at radius 2 is 0.913 bits per heavy atom. The number of aliphatic hydroxyl groups is 4. The smallest absolute Gasteiger partial charge is 0.300 e. The van der Waals surface area contributed by atoms with E-state index in [-0.39, 0.29) is 35.9 Å². The molecular formula is C54H48N2O13. The molecule has 3 aliphatic rings. The molecule has 6 aromatic rings. The topological polar surface area (TPSA) is 210 Å². The first-order chi connectivity index (χ1) is 33.5. The summed E-state index contributed by atoms with van der Waals surface area (Å²) in [5, 5.41) is 37.5. The number of carbonyl (C=O) groups is 5. The number of aldehydes is 1. The van der Waals surface area contributed by atoms with Gasteiger partial charge in [-0.25, -0.2) is 0 Å². The molecule has 0 bridgehead atoms. The first-order valence-corrected chi connectivity index (χ1v) is 21.7. The van der Waals surface area contributed by atoms with Crippen LogP contribution in [-0.4, -0.2) is 90.7 Å². The van der Waals surface area contributed by atoms with Gasteiger partial charge < -0.3 is 39.4 Å². The van der Waals surface area contributed by atoms with E-state index in [1.807, 2.05) is 48.5 Å². The van der Waals surface area contributed by atoms with Gasteiger partial charge >= 0.3 is 0 Å². The van der Waals surface area contributed by atoms with Gasteiger partial charge in [-0.05, 0) is 96.1 Å².